The highest BCUT2D eigenvalue weighted by atomic mass is 35.5. The Morgan fingerprint density at radius 2 is 2.42 bits per heavy atom. The Bertz CT molecular complexity index is 523. The van der Waals surface area contributed by atoms with Gasteiger partial charge in [0.25, 0.3) is 11.6 Å². The van der Waals surface area contributed by atoms with Gasteiger partial charge in [0.05, 0.1) is 10.5 Å². The molecule has 0 radical (unpaired) electrons. The zero-order chi connectivity index (χ0) is 14.0. The average molecular weight is 285 g/mol. The highest BCUT2D eigenvalue weighted by Gasteiger charge is 2.28. The lowest BCUT2D eigenvalue weighted by atomic mass is 10.1. The van der Waals surface area contributed by atoms with Crippen LogP contribution in [-0.4, -0.2) is 40.3 Å². The number of hydrogen-bond donors (Lipinski definition) is 1. The van der Waals surface area contributed by atoms with E-state index in [9.17, 15) is 14.9 Å². The summed E-state index contributed by atoms with van der Waals surface area (Å²) in [6.07, 6.45) is 1.87. The van der Waals surface area contributed by atoms with E-state index in [4.69, 9.17) is 17.3 Å². The van der Waals surface area contributed by atoms with Gasteiger partial charge in [0.15, 0.2) is 0 Å². The van der Waals surface area contributed by atoms with Crippen molar-refractivity contribution >= 4 is 23.2 Å². The van der Waals surface area contributed by atoms with Crippen LogP contribution in [-0.2, 0) is 0 Å². The molecule has 0 spiro atoms. The summed E-state index contributed by atoms with van der Waals surface area (Å²) >= 11 is 5.84. The first-order valence-corrected chi connectivity index (χ1v) is 6.20. The molecule has 102 valence electrons. The van der Waals surface area contributed by atoms with Crippen LogP contribution in [0.15, 0.2) is 12.3 Å². The fraction of sp³-hybridized carbons (Fsp3) is 0.455. The van der Waals surface area contributed by atoms with Gasteiger partial charge in [-0.2, -0.15) is 0 Å². The second-order valence-electron chi connectivity index (χ2n) is 4.43. The van der Waals surface area contributed by atoms with Crippen molar-refractivity contribution in [1.82, 2.24) is 9.88 Å². The summed E-state index contributed by atoms with van der Waals surface area (Å²) in [7, 11) is 0. The number of rotatable bonds is 3. The molecule has 2 heterocycles. The third-order valence-corrected chi connectivity index (χ3v) is 3.47. The number of likely N-dealkylation sites (tertiary alicyclic amines) is 1. The molecular weight excluding hydrogens is 272 g/mol. The molecular formula is C11H13ClN4O3. The number of nitro groups is 1. The lowest BCUT2D eigenvalue weighted by molar-refractivity contribution is -0.385. The lowest BCUT2D eigenvalue weighted by Crippen LogP contribution is -2.30. The van der Waals surface area contributed by atoms with Crippen molar-refractivity contribution < 1.29 is 9.72 Å². The number of nitrogens with two attached hydrogens (primary N) is 1. The Hall–Kier alpha value is -1.73. The maximum atomic E-state index is 12.2. The van der Waals surface area contributed by atoms with Crippen LogP contribution in [0.1, 0.15) is 16.8 Å². The van der Waals surface area contributed by atoms with Crippen molar-refractivity contribution in [3.05, 3.63) is 33.1 Å². The molecule has 0 saturated carbocycles. The summed E-state index contributed by atoms with van der Waals surface area (Å²) in [5, 5.41) is 10.7. The minimum Gasteiger partial charge on any atom is -0.338 e. The monoisotopic (exact) mass is 284 g/mol. The van der Waals surface area contributed by atoms with E-state index < -0.39 is 4.92 Å². The van der Waals surface area contributed by atoms with Gasteiger partial charge in [-0.15, -0.1) is 0 Å². The topological polar surface area (TPSA) is 102 Å². The van der Waals surface area contributed by atoms with E-state index in [2.05, 4.69) is 4.98 Å². The second kappa shape index (κ2) is 5.50. The van der Waals surface area contributed by atoms with E-state index in [0.717, 1.165) is 18.7 Å². The summed E-state index contributed by atoms with van der Waals surface area (Å²) < 4.78 is 0. The van der Waals surface area contributed by atoms with Gasteiger partial charge >= 0.3 is 0 Å². The Kier molecular flexibility index (Phi) is 3.96. The summed E-state index contributed by atoms with van der Waals surface area (Å²) in [5.74, 6) is -0.0634. The molecule has 1 aromatic rings. The molecule has 7 nitrogen and oxygen atoms in total. The van der Waals surface area contributed by atoms with Gasteiger partial charge in [0, 0.05) is 19.2 Å². The maximum absolute atomic E-state index is 12.2. The zero-order valence-electron chi connectivity index (χ0n) is 10.1. The summed E-state index contributed by atoms with van der Waals surface area (Å²) in [6.45, 7) is 1.65. The third-order valence-electron chi connectivity index (χ3n) is 3.17. The molecule has 2 rings (SSSR count). The van der Waals surface area contributed by atoms with Gasteiger partial charge in [0.1, 0.15) is 11.3 Å². The van der Waals surface area contributed by atoms with E-state index in [1.165, 1.54) is 0 Å². The molecule has 1 unspecified atom stereocenters. The lowest BCUT2D eigenvalue weighted by Gasteiger charge is -2.16. The first kappa shape index (κ1) is 13.7. The Balaban J connectivity index is 2.24. The maximum Gasteiger partial charge on any atom is 0.288 e. The van der Waals surface area contributed by atoms with Gasteiger partial charge in [-0.1, -0.05) is 11.6 Å². The van der Waals surface area contributed by atoms with E-state index in [1.54, 1.807) is 4.90 Å². The quantitative estimate of drug-likeness (QED) is 0.508. The van der Waals surface area contributed by atoms with Crippen molar-refractivity contribution in [3.63, 3.8) is 0 Å². The number of carbonyl (C=O) groups is 1. The highest BCUT2D eigenvalue weighted by molar-refractivity contribution is 6.32. The summed E-state index contributed by atoms with van der Waals surface area (Å²) in [4.78, 5) is 27.6. The predicted octanol–water partition coefficient (Wildman–Crippen LogP) is 1.06. The highest BCUT2D eigenvalue weighted by Crippen LogP contribution is 2.23. The second-order valence-corrected chi connectivity index (χ2v) is 4.79. The van der Waals surface area contributed by atoms with Gasteiger partial charge in [-0.3, -0.25) is 14.9 Å². The van der Waals surface area contributed by atoms with Crippen LogP contribution in [0.5, 0.6) is 0 Å². The summed E-state index contributed by atoms with van der Waals surface area (Å²) in [5.41, 5.74) is 5.38. The molecule has 1 aliphatic heterocycles. The minimum absolute atomic E-state index is 0.0215. The van der Waals surface area contributed by atoms with Crippen LogP contribution in [0, 0.1) is 16.0 Å². The SMILES string of the molecule is NCC1CCN(C(=O)c2cc([N+](=O)[O-])cnc2Cl)C1. The van der Waals surface area contributed by atoms with E-state index in [1.807, 2.05) is 0 Å². The molecule has 0 bridgehead atoms. The first-order chi connectivity index (χ1) is 9.02. The molecule has 1 amide bonds. The van der Waals surface area contributed by atoms with Crippen molar-refractivity contribution in [1.29, 1.82) is 0 Å². The number of hydrogen-bond acceptors (Lipinski definition) is 5. The van der Waals surface area contributed by atoms with Gasteiger partial charge in [-0.05, 0) is 18.9 Å². The number of aromatic nitrogens is 1. The molecule has 1 aliphatic rings. The molecule has 0 aliphatic carbocycles. The van der Waals surface area contributed by atoms with Crippen LogP contribution < -0.4 is 5.73 Å². The standard InChI is InChI=1S/C11H13ClN4O3/c12-10-9(3-8(5-14-10)16(18)19)11(17)15-2-1-7(4-13)6-15/h3,5,7H,1-2,4,6,13H2. The smallest absolute Gasteiger partial charge is 0.288 e. The first-order valence-electron chi connectivity index (χ1n) is 5.82. The number of carbonyl (C=O) groups excluding carboxylic acids is 1. The van der Waals surface area contributed by atoms with Crippen molar-refractivity contribution in [3.8, 4) is 0 Å². The normalized spacial score (nSPS) is 18.6. The van der Waals surface area contributed by atoms with Crippen LogP contribution in [0.3, 0.4) is 0 Å². The largest absolute Gasteiger partial charge is 0.338 e. The number of pyridine rings is 1. The van der Waals surface area contributed by atoms with Crippen LogP contribution in [0.4, 0.5) is 5.69 Å². The molecule has 8 heteroatoms. The number of amides is 1. The van der Waals surface area contributed by atoms with Gasteiger partial charge < -0.3 is 10.6 Å². The van der Waals surface area contributed by atoms with Gasteiger partial charge in [0.2, 0.25) is 0 Å². The molecule has 2 N–H and O–H groups in total. The third kappa shape index (κ3) is 2.82. The van der Waals surface area contributed by atoms with Crippen LogP contribution in [0.2, 0.25) is 5.15 Å². The van der Waals surface area contributed by atoms with Crippen LogP contribution in [0.25, 0.3) is 0 Å². The van der Waals surface area contributed by atoms with E-state index in [-0.39, 0.29) is 28.2 Å². The minimum atomic E-state index is -0.604. The van der Waals surface area contributed by atoms with E-state index >= 15 is 0 Å². The molecule has 1 aromatic heterocycles. The number of halogens is 1. The molecule has 1 fully saturated rings. The fourth-order valence-corrected chi connectivity index (χ4v) is 2.25. The Morgan fingerprint density at radius 1 is 1.68 bits per heavy atom. The molecule has 19 heavy (non-hydrogen) atoms. The summed E-state index contributed by atoms with van der Waals surface area (Å²) in [6, 6.07) is 1.16. The zero-order valence-corrected chi connectivity index (χ0v) is 10.8. The predicted molar refractivity (Wildman–Crippen MR) is 69.0 cm³/mol. The average Bonchev–Trinajstić information content (AvgIpc) is 2.87. The van der Waals surface area contributed by atoms with Crippen molar-refractivity contribution in [2.24, 2.45) is 11.7 Å². The molecule has 1 atom stereocenters. The van der Waals surface area contributed by atoms with E-state index in [0.29, 0.717) is 19.6 Å². The molecule has 0 aromatic carbocycles. The fourth-order valence-electron chi connectivity index (χ4n) is 2.07. The van der Waals surface area contributed by atoms with Crippen molar-refractivity contribution in [2.75, 3.05) is 19.6 Å². The molecule has 1 saturated heterocycles. The number of nitrogens with zero attached hydrogens (tertiary/aromatic N) is 3. The Morgan fingerprint density at radius 3 is 3.00 bits per heavy atom. The Labute approximate surface area is 114 Å². The van der Waals surface area contributed by atoms with Gasteiger partial charge in [-0.25, -0.2) is 4.98 Å². The van der Waals surface area contributed by atoms with Crippen molar-refractivity contribution in [2.45, 2.75) is 6.42 Å². The van der Waals surface area contributed by atoms with Crippen LogP contribution >= 0.6 is 11.6 Å².